The van der Waals surface area contributed by atoms with Crippen molar-refractivity contribution in [2.75, 3.05) is 19.5 Å². The first-order valence-electron chi connectivity index (χ1n) is 11.1. The second-order valence-electron chi connectivity index (χ2n) is 8.52. The van der Waals surface area contributed by atoms with Crippen molar-refractivity contribution in [1.82, 2.24) is 25.1 Å². The van der Waals surface area contributed by atoms with Gasteiger partial charge in [0.15, 0.2) is 5.75 Å². The lowest BCUT2D eigenvalue weighted by Crippen LogP contribution is -2.38. The number of ether oxygens (including phenoxy) is 3. The minimum atomic E-state index is 0.104. The van der Waals surface area contributed by atoms with Gasteiger partial charge in [-0.2, -0.15) is 5.10 Å². The second-order valence-corrected chi connectivity index (χ2v) is 9.27. The van der Waals surface area contributed by atoms with Crippen LogP contribution in [0.5, 0.6) is 17.2 Å². The quantitative estimate of drug-likeness (QED) is 0.452. The van der Waals surface area contributed by atoms with Crippen LogP contribution in [-0.2, 0) is 6.61 Å². The summed E-state index contributed by atoms with van der Waals surface area (Å²) in [6, 6.07) is 3.29. The van der Waals surface area contributed by atoms with Gasteiger partial charge in [-0.25, -0.2) is 9.97 Å². The molecule has 3 aromatic rings. The molecule has 2 aliphatic heterocycles. The summed E-state index contributed by atoms with van der Waals surface area (Å²) in [5.41, 5.74) is 1.40. The predicted octanol–water partition coefficient (Wildman–Crippen LogP) is 4.78. The molecule has 3 atom stereocenters. The zero-order chi connectivity index (χ0) is 23.7. The Kier molecular flexibility index (Phi) is 6.67. The SMILES string of the molecule is COc1cc(OC)c(Cl)c(COc2cnc(Nc3cnn([C@@H]4C[C@H]5CC[C@@H](C4)N5)c3)nc2)c1Cl. The molecule has 1 aromatic carbocycles. The van der Waals surface area contributed by atoms with Gasteiger partial charge in [-0.05, 0) is 25.7 Å². The topological polar surface area (TPSA) is 95.4 Å². The first-order chi connectivity index (χ1) is 16.5. The van der Waals surface area contributed by atoms with Crippen molar-refractivity contribution >= 4 is 34.8 Å². The van der Waals surface area contributed by atoms with Crippen molar-refractivity contribution in [1.29, 1.82) is 0 Å². The number of aromatic nitrogens is 4. The van der Waals surface area contributed by atoms with Gasteiger partial charge in [0.1, 0.15) is 18.1 Å². The van der Waals surface area contributed by atoms with E-state index in [9.17, 15) is 0 Å². The first-order valence-corrected chi connectivity index (χ1v) is 11.9. The number of nitrogens with one attached hydrogen (secondary N) is 2. The van der Waals surface area contributed by atoms with Crippen LogP contribution in [0.4, 0.5) is 11.6 Å². The third kappa shape index (κ3) is 4.73. The highest BCUT2D eigenvalue weighted by Gasteiger charge is 2.34. The highest BCUT2D eigenvalue weighted by molar-refractivity contribution is 6.37. The van der Waals surface area contributed by atoms with Crippen LogP contribution >= 0.6 is 23.2 Å². The molecule has 4 heterocycles. The number of hydrogen-bond acceptors (Lipinski definition) is 8. The number of rotatable bonds is 8. The van der Waals surface area contributed by atoms with Crippen LogP contribution in [-0.4, -0.2) is 46.1 Å². The molecule has 2 aromatic heterocycles. The third-order valence-corrected chi connectivity index (χ3v) is 7.18. The van der Waals surface area contributed by atoms with E-state index >= 15 is 0 Å². The van der Waals surface area contributed by atoms with E-state index in [0.29, 0.717) is 56.9 Å². The average molecular weight is 505 g/mol. The van der Waals surface area contributed by atoms with E-state index in [-0.39, 0.29) is 6.61 Å². The lowest BCUT2D eigenvalue weighted by atomic mass is 10.0. The third-order valence-electron chi connectivity index (χ3n) is 6.36. The highest BCUT2D eigenvalue weighted by Crippen LogP contribution is 2.40. The maximum Gasteiger partial charge on any atom is 0.227 e. The lowest BCUT2D eigenvalue weighted by molar-refractivity contribution is 0.281. The molecule has 2 fully saturated rings. The number of anilines is 2. The number of benzene rings is 1. The van der Waals surface area contributed by atoms with Crippen LogP contribution in [0.1, 0.15) is 37.3 Å². The van der Waals surface area contributed by atoms with Gasteiger partial charge in [0.2, 0.25) is 5.95 Å². The molecule has 9 nitrogen and oxygen atoms in total. The van der Waals surface area contributed by atoms with E-state index < -0.39 is 0 Å². The molecule has 180 valence electrons. The van der Waals surface area contributed by atoms with E-state index in [1.165, 1.54) is 27.1 Å². The largest absolute Gasteiger partial charge is 0.495 e. The fraction of sp³-hybridized carbons (Fsp3) is 0.435. The van der Waals surface area contributed by atoms with Gasteiger partial charge in [0.05, 0.1) is 54.6 Å². The Hall–Kier alpha value is -2.75. The molecule has 2 aliphatic rings. The Morgan fingerprint density at radius 1 is 1.03 bits per heavy atom. The molecule has 0 amide bonds. The van der Waals surface area contributed by atoms with E-state index in [1.54, 1.807) is 24.7 Å². The fourth-order valence-corrected chi connectivity index (χ4v) is 5.26. The van der Waals surface area contributed by atoms with Crippen LogP contribution in [0.3, 0.4) is 0 Å². The minimum Gasteiger partial charge on any atom is -0.495 e. The summed E-state index contributed by atoms with van der Waals surface area (Å²) in [7, 11) is 3.05. The Morgan fingerprint density at radius 2 is 1.68 bits per heavy atom. The van der Waals surface area contributed by atoms with Crippen molar-refractivity contribution in [2.45, 2.75) is 50.4 Å². The van der Waals surface area contributed by atoms with Crippen molar-refractivity contribution in [3.05, 3.63) is 46.5 Å². The van der Waals surface area contributed by atoms with Gasteiger partial charge in [-0.3, -0.25) is 4.68 Å². The number of piperidine rings is 1. The van der Waals surface area contributed by atoms with Gasteiger partial charge >= 0.3 is 0 Å². The smallest absolute Gasteiger partial charge is 0.227 e. The predicted molar refractivity (Wildman–Crippen MR) is 130 cm³/mol. The van der Waals surface area contributed by atoms with Crippen molar-refractivity contribution < 1.29 is 14.2 Å². The van der Waals surface area contributed by atoms with Crippen molar-refractivity contribution in [2.24, 2.45) is 0 Å². The fourth-order valence-electron chi connectivity index (χ4n) is 4.65. The zero-order valence-electron chi connectivity index (χ0n) is 18.9. The molecule has 0 aliphatic carbocycles. The Bertz CT molecular complexity index is 1120. The Labute approximate surface area is 207 Å². The number of nitrogens with zero attached hydrogens (tertiary/aromatic N) is 4. The molecule has 2 bridgehead atoms. The summed E-state index contributed by atoms with van der Waals surface area (Å²) in [6.45, 7) is 0.104. The van der Waals surface area contributed by atoms with Crippen LogP contribution in [0.25, 0.3) is 0 Å². The molecule has 0 unspecified atom stereocenters. The van der Waals surface area contributed by atoms with E-state index in [4.69, 9.17) is 37.4 Å². The monoisotopic (exact) mass is 504 g/mol. The Morgan fingerprint density at radius 3 is 2.29 bits per heavy atom. The molecule has 11 heteroatoms. The van der Waals surface area contributed by atoms with Crippen LogP contribution in [0.15, 0.2) is 30.9 Å². The standard InChI is InChI=1S/C23H26Cl2N6O3/c1-32-19-7-20(33-2)22(25)18(21(19)24)12-34-17-9-26-23(27-10-17)30-15-8-28-31(11-15)16-5-13-3-4-14(6-16)29-13/h7-11,13-14,16,29H,3-6,12H2,1-2H3,(H,26,27,30)/t13-,14+,16-. The van der Waals surface area contributed by atoms with Gasteiger partial charge in [-0.1, -0.05) is 23.2 Å². The summed E-state index contributed by atoms with van der Waals surface area (Å²) in [4.78, 5) is 8.69. The molecule has 2 saturated heterocycles. The summed E-state index contributed by atoms with van der Waals surface area (Å²) >= 11 is 12.8. The Balaban J connectivity index is 1.21. The number of fused-ring (bicyclic) bond motifs is 2. The van der Waals surface area contributed by atoms with Gasteiger partial charge in [-0.15, -0.1) is 0 Å². The van der Waals surface area contributed by atoms with Gasteiger partial charge < -0.3 is 24.8 Å². The highest BCUT2D eigenvalue weighted by atomic mass is 35.5. The maximum absolute atomic E-state index is 6.40. The first kappa shape index (κ1) is 23.0. The van der Waals surface area contributed by atoms with Crippen molar-refractivity contribution in [3.8, 4) is 17.2 Å². The van der Waals surface area contributed by atoms with E-state index in [0.717, 1.165) is 18.5 Å². The lowest BCUT2D eigenvalue weighted by Gasteiger charge is -2.29. The summed E-state index contributed by atoms with van der Waals surface area (Å²) in [6.07, 6.45) is 11.8. The maximum atomic E-state index is 6.40. The number of methoxy groups -OCH3 is 2. The second kappa shape index (κ2) is 9.85. The summed E-state index contributed by atoms with van der Waals surface area (Å²) < 4.78 is 18.5. The molecule has 34 heavy (non-hydrogen) atoms. The normalized spacial score (nSPS) is 21.4. The molecular formula is C23H26Cl2N6O3. The summed E-state index contributed by atoms with van der Waals surface area (Å²) in [5.74, 6) is 1.83. The molecule has 2 N–H and O–H groups in total. The van der Waals surface area contributed by atoms with Gasteiger partial charge in [0.25, 0.3) is 0 Å². The molecule has 0 spiro atoms. The molecule has 0 saturated carbocycles. The molecule has 5 rings (SSSR count). The zero-order valence-corrected chi connectivity index (χ0v) is 20.4. The van der Waals surface area contributed by atoms with Gasteiger partial charge in [0, 0.05) is 29.9 Å². The van der Waals surface area contributed by atoms with Crippen LogP contribution in [0, 0.1) is 0 Å². The number of hydrogen-bond donors (Lipinski definition) is 2. The van der Waals surface area contributed by atoms with Crippen molar-refractivity contribution in [3.63, 3.8) is 0 Å². The molecule has 0 radical (unpaired) electrons. The van der Waals surface area contributed by atoms with Crippen LogP contribution < -0.4 is 24.8 Å². The average Bonchev–Trinajstić information content (AvgIpc) is 3.45. The number of halogens is 2. The van der Waals surface area contributed by atoms with Crippen LogP contribution in [0.2, 0.25) is 10.0 Å². The molecular weight excluding hydrogens is 479 g/mol. The minimum absolute atomic E-state index is 0.104. The van der Waals surface area contributed by atoms with E-state index in [2.05, 4.69) is 30.4 Å². The van der Waals surface area contributed by atoms with E-state index in [1.807, 2.05) is 6.20 Å². The summed E-state index contributed by atoms with van der Waals surface area (Å²) in [5, 5.41) is 12.2.